The van der Waals surface area contributed by atoms with Gasteiger partial charge in [-0.2, -0.15) is 0 Å². The lowest BCUT2D eigenvalue weighted by Gasteiger charge is -2.28. The van der Waals surface area contributed by atoms with Crippen molar-refractivity contribution in [2.45, 2.75) is 25.9 Å². The Morgan fingerprint density at radius 3 is 2.50 bits per heavy atom. The Bertz CT molecular complexity index is 557. The second-order valence-electron chi connectivity index (χ2n) is 4.90. The molecule has 0 bridgehead atoms. The van der Waals surface area contributed by atoms with Gasteiger partial charge in [-0.3, -0.25) is 15.1 Å². The van der Waals surface area contributed by atoms with E-state index in [0.29, 0.717) is 17.2 Å². The summed E-state index contributed by atoms with van der Waals surface area (Å²) in [5.41, 5.74) is -0.392. The number of pyridine rings is 1. The van der Waals surface area contributed by atoms with Crippen molar-refractivity contribution in [1.29, 1.82) is 0 Å². The fourth-order valence-corrected chi connectivity index (χ4v) is 2.08. The van der Waals surface area contributed by atoms with E-state index in [1.54, 1.807) is 26.1 Å². The van der Waals surface area contributed by atoms with Gasteiger partial charge in [-0.15, -0.1) is 0 Å². The van der Waals surface area contributed by atoms with Gasteiger partial charge in [-0.05, 0) is 13.8 Å². The van der Waals surface area contributed by atoms with Gasteiger partial charge in [0.1, 0.15) is 11.2 Å². The van der Waals surface area contributed by atoms with Gasteiger partial charge in [-0.1, -0.05) is 0 Å². The summed E-state index contributed by atoms with van der Waals surface area (Å²) in [5.74, 6) is 0.656. The molecule has 1 fully saturated rings. The predicted octanol–water partition coefficient (Wildman–Crippen LogP) is 0.929. The Balaban J connectivity index is 2.35. The lowest BCUT2D eigenvalue weighted by atomic mass is 10.0. The number of nitrogens with zero attached hydrogens (tertiary/aromatic N) is 2. The zero-order valence-corrected chi connectivity index (χ0v) is 11.9. The molecule has 1 aromatic heterocycles. The molecule has 0 unspecified atom stereocenters. The van der Waals surface area contributed by atoms with Gasteiger partial charge >= 0.3 is 6.03 Å². The number of methoxy groups -OCH3 is 2. The number of carbonyl (C=O) groups excluding carboxylic acids is 2. The van der Waals surface area contributed by atoms with Crippen molar-refractivity contribution in [2.75, 3.05) is 14.2 Å². The molecule has 0 saturated carbocycles. The van der Waals surface area contributed by atoms with Gasteiger partial charge in [0.15, 0.2) is 11.5 Å². The first kappa shape index (κ1) is 14.1. The monoisotopic (exact) mass is 279 g/mol. The van der Waals surface area contributed by atoms with Crippen molar-refractivity contribution in [1.82, 2.24) is 15.2 Å². The van der Waals surface area contributed by atoms with Crippen molar-refractivity contribution >= 4 is 11.9 Å². The topological polar surface area (TPSA) is 80.8 Å². The van der Waals surface area contributed by atoms with Crippen LogP contribution in [0.5, 0.6) is 11.5 Å². The number of imide groups is 1. The van der Waals surface area contributed by atoms with Crippen LogP contribution in [0.2, 0.25) is 0 Å². The zero-order chi connectivity index (χ0) is 14.9. The number of nitrogens with one attached hydrogen (secondary N) is 1. The summed E-state index contributed by atoms with van der Waals surface area (Å²) >= 11 is 0. The van der Waals surface area contributed by atoms with Crippen LogP contribution in [-0.2, 0) is 11.3 Å². The Hall–Kier alpha value is -2.31. The smallest absolute Gasteiger partial charge is 0.325 e. The third-order valence-electron chi connectivity index (χ3n) is 3.37. The molecule has 0 aliphatic carbocycles. The molecule has 20 heavy (non-hydrogen) atoms. The highest BCUT2D eigenvalue weighted by molar-refractivity contribution is 6.06. The van der Waals surface area contributed by atoms with Crippen molar-refractivity contribution < 1.29 is 19.1 Å². The summed E-state index contributed by atoms with van der Waals surface area (Å²) < 4.78 is 10.5. The fourth-order valence-electron chi connectivity index (χ4n) is 2.08. The van der Waals surface area contributed by atoms with Gasteiger partial charge in [0.2, 0.25) is 0 Å². The first-order valence-corrected chi connectivity index (χ1v) is 6.10. The second kappa shape index (κ2) is 4.99. The molecule has 1 aliphatic rings. The molecule has 3 amide bonds. The molecule has 1 saturated heterocycles. The minimum atomic E-state index is -0.924. The molecular formula is C13H17N3O4. The van der Waals surface area contributed by atoms with Gasteiger partial charge in [0.05, 0.1) is 20.8 Å². The lowest BCUT2D eigenvalue weighted by molar-refractivity contribution is -0.125. The maximum absolute atomic E-state index is 11.9. The van der Waals surface area contributed by atoms with Crippen molar-refractivity contribution in [3.63, 3.8) is 0 Å². The number of carbonyl (C=O) groups is 2. The zero-order valence-electron chi connectivity index (χ0n) is 11.9. The Kier molecular flexibility index (Phi) is 3.52. The standard InChI is InChI=1S/C13H17N3O4/c1-13(2)11(17)15-12(18)16(13)7-8-10(20-4)9(19-3)5-6-14-8/h5-6H,7H2,1-4H3,(H,15,17,18). The van der Waals surface area contributed by atoms with Crippen molar-refractivity contribution in [3.8, 4) is 11.5 Å². The third-order valence-corrected chi connectivity index (χ3v) is 3.37. The number of hydrogen-bond acceptors (Lipinski definition) is 5. The van der Waals surface area contributed by atoms with E-state index < -0.39 is 11.6 Å². The van der Waals surface area contributed by atoms with E-state index in [9.17, 15) is 9.59 Å². The lowest BCUT2D eigenvalue weighted by Crippen LogP contribution is -2.43. The summed E-state index contributed by atoms with van der Waals surface area (Å²) in [7, 11) is 3.03. The normalized spacial score (nSPS) is 17.1. The van der Waals surface area contributed by atoms with E-state index in [2.05, 4.69) is 10.3 Å². The number of rotatable bonds is 4. The van der Waals surface area contributed by atoms with Gasteiger partial charge < -0.3 is 14.4 Å². The van der Waals surface area contributed by atoms with E-state index in [1.165, 1.54) is 19.1 Å². The van der Waals surface area contributed by atoms with E-state index in [1.807, 2.05) is 0 Å². The molecule has 2 rings (SSSR count). The molecule has 1 aromatic rings. The van der Waals surface area contributed by atoms with Crippen LogP contribution in [0.3, 0.4) is 0 Å². The summed E-state index contributed by atoms with van der Waals surface area (Å²) in [6, 6.07) is 1.23. The van der Waals surface area contributed by atoms with Crippen LogP contribution in [0.1, 0.15) is 19.5 Å². The first-order chi connectivity index (χ1) is 9.41. The average Bonchev–Trinajstić information content (AvgIpc) is 2.61. The van der Waals surface area contributed by atoms with Crippen LogP contribution >= 0.6 is 0 Å². The average molecular weight is 279 g/mol. The summed E-state index contributed by atoms with van der Waals surface area (Å²) in [6.45, 7) is 3.52. The van der Waals surface area contributed by atoms with Crippen LogP contribution in [0.25, 0.3) is 0 Å². The molecule has 1 aliphatic heterocycles. The van der Waals surface area contributed by atoms with E-state index >= 15 is 0 Å². The van der Waals surface area contributed by atoms with Gasteiger partial charge in [0.25, 0.3) is 5.91 Å². The van der Waals surface area contributed by atoms with E-state index in [4.69, 9.17) is 9.47 Å². The molecule has 7 heteroatoms. The minimum Gasteiger partial charge on any atom is -0.493 e. The highest BCUT2D eigenvalue weighted by atomic mass is 16.5. The van der Waals surface area contributed by atoms with Gasteiger partial charge in [-0.25, -0.2) is 4.79 Å². The van der Waals surface area contributed by atoms with Crippen molar-refractivity contribution in [3.05, 3.63) is 18.0 Å². The SMILES string of the molecule is COc1ccnc(CN2C(=O)NC(=O)C2(C)C)c1OC. The number of ether oxygens (including phenoxy) is 2. The van der Waals surface area contributed by atoms with Gasteiger partial charge in [0, 0.05) is 12.3 Å². The highest BCUT2D eigenvalue weighted by Crippen LogP contribution is 2.32. The molecule has 0 aromatic carbocycles. The Labute approximate surface area is 116 Å². The molecule has 2 heterocycles. The molecular weight excluding hydrogens is 262 g/mol. The third kappa shape index (κ3) is 2.15. The predicted molar refractivity (Wildman–Crippen MR) is 70.5 cm³/mol. The summed E-state index contributed by atoms with van der Waals surface area (Å²) in [4.78, 5) is 29.2. The van der Waals surface area contributed by atoms with E-state index in [-0.39, 0.29) is 12.5 Å². The molecule has 1 N–H and O–H groups in total. The maximum Gasteiger partial charge on any atom is 0.325 e. The first-order valence-electron chi connectivity index (χ1n) is 6.10. The number of urea groups is 1. The molecule has 0 atom stereocenters. The highest BCUT2D eigenvalue weighted by Gasteiger charge is 2.45. The molecule has 0 radical (unpaired) electrons. The quantitative estimate of drug-likeness (QED) is 0.829. The number of amides is 3. The molecule has 0 spiro atoms. The maximum atomic E-state index is 11.9. The van der Waals surface area contributed by atoms with Crippen molar-refractivity contribution in [2.24, 2.45) is 0 Å². The molecule has 108 valence electrons. The largest absolute Gasteiger partial charge is 0.493 e. The van der Waals surface area contributed by atoms with Crippen LogP contribution in [-0.4, -0.2) is 41.6 Å². The summed E-state index contributed by atoms with van der Waals surface area (Å²) in [5, 5.41) is 2.29. The minimum absolute atomic E-state index is 0.158. The second-order valence-corrected chi connectivity index (χ2v) is 4.90. The van der Waals surface area contributed by atoms with Crippen LogP contribution in [0, 0.1) is 0 Å². The van der Waals surface area contributed by atoms with Crippen LogP contribution < -0.4 is 14.8 Å². The summed E-state index contributed by atoms with van der Waals surface area (Å²) in [6.07, 6.45) is 1.57. The van der Waals surface area contributed by atoms with Crippen LogP contribution in [0.4, 0.5) is 4.79 Å². The van der Waals surface area contributed by atoms with E-state index in [0.717, 1.165) is 0 Å². The molecule has 7 nitrogen and oxygen atoms in total. The number of hydrogen-bond donors (Lipinski definition) is 1. The Morgan fingerprint density at radius 2 is 2.00 bits per heavy atom. The van der Waals surface area contributed by atoms with Crippen LogP contribution in [0.15, 0.2) is 12.3 Å². The number of aromatic nitrogens is 1. The fraction of sp³-hybridized carbons (Fsp3) is 0.462. The Morgan fingerprint density at radius 1 is 1.30 bits per heavy atom.